The van der Waals surface area contributed by atoms with Crippen LogP contribution in [0.3, 0.4) is 0 Å². The number of ether oxygens (including phenoxy) is 2. The number of amides is 1. The van der Waals surface area contributed by atoms with E-state index in [2.05, 4.69) is 6.58 Å². The summed E-state index contributed by atoms with van der Waals surface area (Å²) in [6.45, 7) is 8.71. The molecule has 1 aliphatic heterocycles. The Hall–Kier alpha value is -1.81. The third kappa shape index (κ3) is 5.19. The molecule has 120 valence electrons. The van der Waals surface area contributed by atoms with Crippen molar-refractivity contribution in [2.45, 2.75) is 19.8 Å². The van der Waals surface area contributed by atoms with Gasteiger partial charge < -0.3 is 14.4 Å². The van der Waals surface area contributed by atoms with Crippen LogP contribution in [0, 0.1) is 12.8 Å². The van der Waals surface area contributed by atoms with Crippen LogP contribution in [0.5, 0.6) is 5.75 Å². The zero-order chi connectivity index (χ0) is 15.8. The number of hydrogen-bond acceptors (Lipinski definition) is 3. The van der Waals surface area contributed by atoms with E-state index in [1.54, 1.807) is 6.08 Å². The minimum Gasteiger partial charge on any atom is -0.484 e. The second-order valence-electron chi connectivity index (χ2n) is 5.75. The molecule has 0 saturated carbocycles. The van der Waals surface area contributed by atoms with Crippen molar-refractivity contribution >= 4 is 5.91 Å². The van der Waals surface area contributed by atoms with Gasteiger partial charge in [-0.2, -0.15) is 0 Å². The number of aryl methyl sites for hydroxylation is 1. The maximum absolute atomic E-state index is 12.2. The number of benzene rings is 1. The predicted octanol–water partition coefficient (Wildman–Crippen LogP) is 2.82. The molecule has 1 amide bonds. The molecule has 1 fully saturated rings. The van der Waals surface area contributed by atoms with Crippen molar-refractivity contribution in [3.63, 3.8) is 0 Å². The Labute approximate surface area is 132 Å². The van der Waals surface area contributed by atoms with Crippen molar-refractivity contribution in [3.8, 4) is 5.75 Å². The fourth-order valence-electron chi connectivity index (χ4n) is 2.54. The molecular weight excluding hydrogens is 278 g/mol. The van der Waals surface area contributed by atoms with Crippen molar-refractivity contribution < 1.29 is 14.3 Å². The van der Waals surface area contributed by atoms with Gasteiger partial charge in [-0.15, -0.1) is 6.58 Å². The number of likely N-dealkylation sites (tertiary alicyclic amines) is 1. The number of nitrogens with zero attached hydrogens (tertiary/aromatic N) is 1. The third-order valence-electron chi connectivity index (χ3n) is 3.94. The van der Waals surface area contributed by atoms with E-state index in [0.717, 1.165) is 38.3 Å². The minimum absolute atomic E-state index is 0.0611. The van der Waals surface area contributed by atoms with E-state index in [9.17, 15) is 4.79 Å². The molecule has 1 aromatic rings. The zero-order valence-corrected chi connectivity index (χ0v) is 13.3. The van der Waals surface area contributed by atoms with E-state index >= 15 is 0 Å². The normalized spacial score (nSPS) is 15.6. The van der Waals surface area contributed by atoms with E-state index in [-0.39, 0.29) is 12.5 Å². The van der Waals surface area contributed by atoms with Gasteiger partial charge in [-0.3, -0.25) is 4.79 Å². The highest BCUT2D eigenvalue weighted by atomic mass is 16.5. The first-order valence-electron chi connectivity index (χ1n) is 7.85. The zero-order valence-electron chi connectivity index (χ0n) is 13.3. The summed E-state index contributed by atoms with van der Waals surface area (Å²) >= 11 is 0. The SMILES string of the molecule is C=CCOCC1CCN(C(=O)COc2ccc(C)cc2)CC1. The molecule has 1 aromatic carbocycles. The van der Waals surface area contributed by atoms with Crippen LogP contribution >= 0.6 is 0 Å². The first-order valence-corrected chi connectivity index (χ1v) is 7.85. The minimum atomic E-state index is 0.0611. The van der Waals surface area contributed by atoms with E-state index in [0.29, 0.717) is 12.5 Å². The summed E-state index contributed by atoms with van der Waals surface area (Å²) in [6.07, 6.45) is 3.75. The molecule has 0 aliphatic carbocycles. The van der Waals surface area contributed by atoms with Gasteiger partial charge in [-0.25, -0.2) is 0 Å². The van der Waals surface area contributed by atoms with Crippen LogP contribution in [-0.4, -0.2) is 43.7 Å². The Morgan fingerprint density at radius 1 is 1.32 bits per heavy atom. The molecular formula is C18H25NO3. The Bertz CT molecular complexity index is 476. The van der Waals surface area contributed by atoms with Gasteiger partial charge in [0.1, 0.15) is 5.75 Å². The molecule has 0 unspecified atom stereocenters. The van der Waals surface area contributed by atoms with Gasteiger partial charge in [0.15, 0.2) is 6.61 Å². The molecule has 4 heteroatoms. The van der Waals surface area contributed by atoms with Crippen molar-refractivity contribution in [2.75, 3.05) is 32.9 Å². The first-order chi connectivity index (χ1) is 10.7. The van der Waals surface area contributed by atoms with Crippen LogP contribution in [0.2, 0.25) is 0 Å². The summed E-state index contributed by atoms with van der Waals surface area (Å²) in [5.74, 6) is 1.35. The molecule has 0 bridgehead atoms. The number of rotatable bonds is 7. The summed E-state index contributed by atoms with van der Waals surface area (Å²) < 4.78 is 11.0. The van der Waals surface area contributed by atoms with Gasteiger partial charge in [-0.05, 0) is 37.8 Å². The average molecular weight is 303 g/mol. The molecule has 0 spiro atoms. The monoisotopic (exact) mass is 303 g/mol. The van der Waals surface area contributed by atoms with E-state index < -0.39 is 0 Å². The molecule has 1 heterocycles. The Morgan fingerprint density at radius 2 is 2.00 bits per heavy atom. The van der Waals surface area contributed by atoms with Crippen LogP contribution in [0.1, 0.15) is 18.4 Å². The summed E-state index contributed by atoms with van der Waals surface area (Å²) in [4.78, 5) is 14.0. The van der Waals surface area contributed by atoms with E-state index in [4.69, 9.17) is 9.47 Å². The quantitative estimate of drug-likeness (QED) is 0.574. The van der Waals surface area contributed by atoms with Gasteiger partial charge in [0, 0.05) is 19.7 Å². The predicted molar refractivity (Wildman–Crippen MR) is 87.0 cm³/mol. The van der Waals surface area contributed by atoms with Gasteiger partial charge in [0.05, 0.1) is 6.61 Å². The van der Waals surface area contributed by atoms with E-state index in [1.165, 1.54) is 5.56 Å². The van der Waals surface area contributed by atoms with Gasteiger partial charge in [0.25, 0.3) is 5.91 Å². The Morgan fingerprint density at radius 3 is 2.64 bits per heavy atom. The Balaban J connectivity index is 1.68. The number of hydrogen-bond donors (Lipinski definition) is 0. The summed E-state index contributed by atoms with van der Waals surface area (Å²) in [7, 11) is 0. The molecule has 0 aromatic heterocycles. The van der Waals surface area contributed by atoms with Gasteiger partial charge >= 0.3 is 0 Å². The smallest absolute Gasteiger partial charge is 0.260 e. The molecule has 1 saturated heterocycles. The van der Waals surface area contributed by atoms with Crippen LogP contribution in [-0.2, 0) is 9.53 Å². The summed E-state index contributed by atoms with van der Waals surface area (Å²) in [5, 5.41) is 0. The van der Waals surface area contributed by atoms with Crippen molar-refractivity contribution in [2.24, 2.45) is 5.92 Å². The maximum atomic E-state index is 12.2. The lowest BCUT2D eigenvalue weighted by molar-refractivity contribution is -0.135. The topological polar surface area (TPSA) is 38.8 Å². The number of carbonyl (C=O) groups excluding carboxylic acids is 1. The standard InChI is InChI=1S/C18H25NO3/c1-3-12-21-13-16-8-10-19(11-9-16)18(20)14-22-17-6-4-15(2)5-7-17/h3-7,16H,1,8-14H2,2H3. The van der Waals surface area contributed by atoms with Crippen molar-refractivity contribution in [1.82, 2.24) is 4.90 Å². The number of piperidine rings is 1. The second-order valence-corrected chi connectivity index (χ2v) is 5.75. The van der Waals surface area contributed by atoms with Crippen molar-refractivity contribution in [1.29, 1.82) is 0 Å². The average Bonchev–Trinajstić information content (AvgIpc) is 2.55. The highest BCUT2D eigenvalue weighted by Crippen LogP contribution is 2.18. The largest absolute Gasteiger partial charge is 0.484 e. The number of carbonyl (C=O) groups is 1. The van der Waals surface area contributed by atoms with Crippen LogP contribution in [0.4, 0.5) is 0 Å². The molecule has 0 radical (unpaired) electrons. The highest BCUT2D eigenvalue weighted by molar-refractivity contribution is 5.77. The van der Waals surface area contributed by atoms with Crippen LogP contribution in [0.15, 0.2) is 36.9 Å². The van der Waals surface area contributed by atoms with Crippen molar-refractivity contribution in [3.05, 3.63) is 42.5 Å². The first kappa shape index (κ1) is 16.6. The molecule has 1 aliphatic rings. The lowest BCUT2D eigenvalue weighted by Gasteiger charge is -2.31. The van der Waals surface area contributed by atoms with Gasteiger partial charge in [-0.1, -0.05) is 23.8 Å². The van der Waals surface area contributed by atoms with E-state index in [1.807, 2.05) is 36.1 Å². The lowest BCUT2D eigenvalue weighted by atomic mass is 9.98. The lowest BCUT2D eigenvalue weighted by Crippen LogP contribution is -2.41. The Kier molecular flexibility index (Phi) is 6.46. The molecule has 22 heavy (non-hydrogen) atoms. The van der Waals surface area contributed by atoms with Crippen LogP contribution in [0.25, 0.3) is 0 Å². The summed E-state index contributed by atoms with van der Waals surface area (Å²) in [5.41, 5.74) is 1.18. The maximum Gasteiger partial charge on any atom is 0.260 e. The third-order valence-corrected chi connectivity index (χ3v) is 3.94. The molecule has 0 atom stereocenters. The highest BCUT2D eigenvalue weighted by Gasteiger charge is 2.23. The fourth-order valence-corrected chi connectivity index (χ4v) is 2.54. The molecule has 4 nitrogen and oxygen atoms in total. The van der Waals surface area contributed by atoms with Crippen LogP contribution < -0.4 is 4.74 Å². The fraction of sp³-hybridized carbons (Fsp3) is 0.500. The second kappa shape index (κ2) is 8.59. The molecule has 2 rings (SSSR count). The summed E-state index contributed by atoms with van der Waals surface area (Å²) in [6, 6.07) is 7.75. The van der Waals surface area contributed by atoms with Gasteiger partial charge in [0.2, 0.25) is 0 Å². The molecule has 0 N–H and O–H groups in total.